The van der Waals surface area contributed by atoms with Crippen molar-refractivity contribution in [3.05, 3.63) is 53.6 Å². The number of imidazole rings is 1. The fourth-order valence-corrected chi connectivity index (χ4v) is 2.73. The lowest BCUT2D eigenvalue weighted by molar-refractivity contribution is 0.502. The molecule has 0 bridgehead atoms. The molecule has 1 aromatic carbocycles. The minimum Gasteiger partial charge on any atom is -0.370 e. The molecule has 0 saturated heterocycles. The number of hydrogen-bond acceptors (Lipinski definition) is 3. The molecule has 0 aliphatic carbocycles. The highest BCUT2D eigenvalue weighted by Gasteiger charge is 2.07. The molecule has 0 spiro atoms. The van der Waals surface area contributed by atoms with E-state index in [0.29, 0.717) is 5.92 Å². The van der Waals surface area contributed by atoms with Crippen molar-refractivity contribution in [2.75, 3.05) is 11.9 Å². The third kappa shape index (κ3) is 3.22. The van der Waals surface area contributed by atoms with E-state index in [1.54, 1.807) is 6.20 Å². The predicted molar refractivity (Wildman–Crippen MR) is 91.4 cm³/mol. The number of pyridine rings is 1. The predicted octanol–water partition coefficient (Wildman–Crippen LogP) is 4.14. The molecule has 1 atom stereocenters. The smallest absolute Gasteiger partial charge is 0.126 e. The molecule has 3 aromatic rings. The monoisotopic (exact) mass is 314 g/mol. The average molecular weight is 315 g/mol. The van der Waals surface area contributed by atoms with Crippen LogP contribution in [0.15, 0.2) is 43.0 Å². The van der Waals surface area contributed by atoms with Crippen molar-refractivity contribution in [1.82, 2.24) is 14.5 Å². The van der Waals surface area contributed by atoms with Gasteiger partial charge in [0, 0.05) is 35.9 Å². The zero-order valence-corrected chi connectivity index (χ0v) is 13.5. The fourth-order valence-electron chi connectivity index (χ4n) is 2.52. The zero-order valence-electron chi connectivity index (χ0n) is 12.8. The number of hydrogen-bond donors (Lipinski definition) is 1. The van der Waals surface area contributed by atoms with Gasteiger partial charge >= 0.3 is 0 Å². The topological polar surface area (TPSA) is 42.7 Å². The minimum atomic E-state index is 0.479. The van der Waals surface area contributed by atoms with Crippen molar-refractivity contribution in [3.8, 4) is 0 Å². The number of benzene rings is 1. The second kappa shape index (κ2) is 6.36. The van der Waals surface area contributed by atoms with Crippen LogP contribution in [-0.4, -0.2) is 21.1 Å². The summed E-state index contributed by atoms with van der Waals surface area (Å²) in [5.41, 5.74) is 2.09. The normalized spacial score (nSPS) is 12.5. The van der Waals surface area contributed by atoms with Crippen LogP contribution in [0.5, 0.6) is 0 Å². The number of nitrogens with zero attached hydrogens (tertiary/aromatic N) is 3. The van der Waals surface area contributed by atoms with Crippen molar-refractivity contribution in [2.24, 2.45) is 5.92 Å². The molecule has 0 unspecified atom stereocenters. The number of nitrogens with one attached hydrogen (secondary N) is 1. The van der Waals surface area contributed by atoms with Crippen molar-refractivity contribution >= 4 is 28.3 Å². The summed E-state index contributed by atoms with van der Waals surface area (Å²) >= 11 is 6.22. The second-order valence-corrected chi connectivity index (χ2v) is 6.11. The quantitative estimate of drug-likeness (QED) is 0.769. The first-order valence-corrected chi connectivity index (χ1v) is 7.77. The summed E-state index contributed by atoms with van der Waals surface area (Å²) in [7, 11) is 0. The summed E-state index contributed by atoms with van der Waals surface area (Å²) in [4.78, 5) is 8.75. The van der Waals surface area contributed by atoms with Crippen LogP contribution in [0.2, 0.25) is 5.02 Å². The van der Waals surface area contributed by atoms with E-state index in [0.717, 1.165) is 40.4 Å². The van der Waals surface area contributed by atoms with E-state index in [1.807, 2.05) is 36.8 Å². The highest BCUT2D eigenvalue weighted by atomic mass is 35.5. The van der Waals surface area contributed by atoms with Gasteiger partial charge in [-0.15, -0.1) is 0 Å². The van der Waals surface area contributed by atoms with Crippen LogP contribution in [0.1, 0.15) is 12.5 Å². The first kappa shape index (κ1) is 14.9. The summed E-state index contributed by atoms with van der Waals surface area (Å²) < 4.78 is 2.09. The van der Waals surface area contributed by atoms with E-state index in [9.17, 15) is 0 Å². The lowest BCUT2D eigenvalue weighted by Crippen LogP contribution is -2.17. The van der Waals surface area contributed by atoms with Gasteiger partial charge in [0.05, 0.1) is 11.8 Å². The maximum absolute atomic E-state index is 6.22. The van der Waals surface area contributed by atoms with Gasteiger partial charge in [-0.05, 0) is 36.6 Å². The van der Waals surface area contributed by atoms with Crippen molar-refractivity contribution in [3.63, 3.8) is 0 Å². The third-order valence-electron chi connectivity index (χ3n) is 3.72. The summed E-state index contributed by atoms with van der Waals surface area (Å²) in [5.74, 6) is 1.36. The Kier molecular flexibility index (Phi) is 4.29. The Morgan fingerprint density at radius 3 is 2.91 bits per heavy atom. The summed E-state index contributed by atoms with van der Waals surface area (Å²) in [6.07, 6.45) is 5.63. The van der Waals surface area contributed by atoms with Gasteiger partial charge in [0.15, 0.2) is 0 Å². The SMILES string of the molecule is Cc1ccc(Cl)c2ccc(NC[C@@H](C)Cn3ccnc3)nc12. The van der Waals surface area contributed by atoms with Crippen LogP contribution in [-0.2, 0) is 6.54 Å². The number of anilines is 1. The molecule has 0 amide bonds. The summed E-state index contributed by atoms with van der Waals surface area (Å²) in [6, 6.07) is 7.93. The molecule has 22 heavy (non-hydrogen) atoms. The number of halogens is 1. The van der Waals surface area contributed by atoms with Crippen LogP contribution in [0.3, 0.4) is 0 Å². The molecule has 2 aromatic heterocycles. The molecule has 0 aliphatic rings. The maximum atomic E-state index is 6.22. The molecule has 0 saturated carbocycles. The molecular weight excluding hydrogens is 296 g/mol. The molecule has 114 valence electrons. The average Bonchev–Trinajstić information content (AvgIpc) is 3.02. The van der Waals surface area contributed by atoms with Gasteiger partial charge in [-0.25, -0.2) is 9.97 Å². The Labute approximate surface area is 135 Å². The van der Waals surface area contributed by atoms with E-state index < -0.39 is 0 Å². The number of aromatic nitrogens is 3. The van der Waals surface area contributed by atoms with Gasteiger partial charge < -0.3 is 9.88 Å². The van der Waals surface area contributed by atoms with E-state index in [1.165, 1.54) is 0 Å². The highest BCUT2D eigenvalue weighted by molar-refractivity contribution is 6.35. The first-order valence-electron chi connectivity index (χ1n) is 7.39. The maximum Gasteiger partial charge on any atom is 0.126 e. The summed E-state index contributed by atoms with van der Waals surface area (Å²) in [6.45, 7) is 6.05. The van der Waals surface area contributed by atoms with Gasteiger partial charge in [-0.1, -0.05) is 24.6 Å². The van der Waals surface area contributed by atoms with E-state index in [2.05, 4.69) is 33.7 Å². The first-order chi connectivity index (χ1) is 10.6. The molecule has 0 radical (unpaired) electrons. The standard InChI is InChI=1S/C17H19ClN4/c1-12(10-22-8-7-19-11-22)9-20-16-6-4-14-15(18)5-3-13(2)17(14)21-16/h3-8,11-12H,9-10H2,1-2H3,(H,20,21)/t12-/m1/s1. The van der Waals surface area contributed by atoms with Crippen molar-refractivity contribution in [1.29, 1.82) is 0 Å². The Hall–Kier alpha value is -2.07. The number of aryl methyl sites for hydroxylation is 1. The van der Waals surface area contributed by atoms with E-state index in [4.69, 9.17) is 11.6 Å². The molecular formula is C17H19ClN4. The van der Waals surface area contributed by atoms with Crippen LogP contribution < -0.4 is 5.32 Å². The van der Waals surface area contributed by atoms with Crippen molar-refractivity contribution < 1.29 is 0 Å². The molecule has 3 rings (SSSR count). The molecule has 1 N–H and O–H groups in total. The van der Waals surface area contributed by atoms with Gasteiger partial charge in [-0.3, -0.25) is 0 Å². The third-order valence-corrected chi connectivity index (χ3v) is 4.05. The van der Waals surface area contributed by atoms with Crippen LogP contribution in [0.4, 0.5) is 5.82 Å². The molecule has 0 fully saturated rings. The van der Waals surface area contributed by atoms with Crippen molar-refractivity contribution in [2.45, 2.75) is 20.4 Å². The Balaban J connectivity index is 1.70. The molecule has 4 nitrogen and oxygen atoms in total. The van der Waals surface area contributed by atoms with Gasteiger partial charge in [0.25, 0.3) is 0 Å². The second-order valence-electron chi connectivity index (χ2n) is 5.70. The molecule has 5 heteroatoms. The van der Waals surface area contributed by atoms with Crippen LogP contribution in [0.25, 0.3) is 10.9 Å². The summed E-state index contributed by atoms with van der Waals surface area (Å²) in [5, 5.41) is 5.15. The molecule has 2 heterocycles. The zero-order chi connectivity index (χ0) is 15.5. The highest BCUT2D eigenvalue weighted by Crippen LogP contribution is 2.26. The number of fused-ring (bicyclic) bond motifs is 1. The fraction of sp³-hybridized carbons (Fsp3) is 0.294. The Morgan fingerprint density at radius 2 is 2.14 bits per heavy atom. The minimum absolute atomic E-state index is 0.479. The Morgan fingerprint density at radius 1 is 1.27 bits per heavy atom. The lowest BCUT2D eigenvalue weighted by atomic mass is 10.1. The van der Waals surface area contributed by atoms with Gasteiger partial charge in [-0.2, -0.15) is 0 Å². The number of rotatable bonds is 5. The Bertz CT molecular complexity index is 768. The van der Waals surface area contributed by atoms with Gasteiger partial charge in [0.2, 0.25) is 0 Å². The largest absolute Gasteiger partial charge is 0.370 e. The van der Waals surface area contributed by atoms with E-state index >= 15 is 0 Å². The van der Waals surface area contributed by atoms with Crippen LogP contribution >= 0.6 is 11.6 Å². The lowest BCUT2D eigenvalue weighted by Gasteiger charge is -2.14. The van der Waals surface area contributed by atoms with Gasteiger partial charge in [0.1, 0.15) is 5.82 Å². The van der Waals surface area contributed by atoms with Crippen LogP contribution in [0, 0.1) is 12.8 Å². The molecule has 0 aliphatic heterocycles. The van der Waals surface area contributed by atoms with E-state index in [-0.39, 0.29) is 0 Å².